The van der Waals surface area contributed by atoms with Gasteiger partial charge < -0.3 is 15.8 Å². The van der Waals surface area contributed by atoms with Gasteiger partial charge in [-0.15, -0.1) is 0 Å². The molecular formula is C26H26N4O2. The second kappa shape index (κ2) is 7.80. The van der Waals surface area contributed by atoms with E-state index in [9.17, 15) is 4.79 Å². The van der Waals surface area contributed by atoms with E-state index in [1.807, 2.05) is 55.6 Å². The fourth-order valence-corrected chi connectivity index (χ4v) is 4.59. The Labute approximate surface area is 187 Å². The minimum absolute atomic E-state index is 0.123. The fraction of sp³-hybridized carbons (Fsp3) is 0.231. The van der Waals surface area contributed by atoms with E-state index in [0.29, 0.717) is 12.2 Å². The van der Waals surface area contributed by atoms with Crippen molar-refractivity contribution in [2.75, 3.05) is 14.1 Å². The molecule has 2 unspecified atom stereocenters. The van der Waals surface area contributed by atoms with Crippen molar-refractivity contribution in [3.8, 4) is 16.9 Å². The molecule has 0 saturated carbocycles. The second-order valence-electron chi connectivity index (χ2n) is 8.35. The van der Waals surface area contributed by atoms with Gasteiger partial charge in [0, 0.05) is 25.6 Å². The summed E-state index contributed by atoms with van der Waals surface area (Å²) >= 11 is 0. The quantitative estimate of drug-likeness (QED) is 0.668. The molecule has 6 heteroatoms. The number of likely N-dealkylation sites (N-methyl/N-ethyl adjacent to an activating group) is 1. The summed E-state index contributed by atoms with van der Waals surface area (Å²) in [6.45, 7) is 0.817. The lowest BCUT2D eigenvalue weighted by atomic mass is 9.79. The van der Waals surface area contributed by atoms with Crippen LogP contribution in [0.15, 0.2) is 77.8 Å². The fourth-order valence-electron chi connectivity index (χ4n) is 4.59. The van der Waals surface area contributed by atoms with Crippen molar-refractivity contribution in [2.45, 2.75) is 24.6 Å². The van der Waals surface area contributed by atoms with Gasteiger partial charge >= 0.3 is 0 Å². The van der Waals surface area contributed by atoms with E-state index in [2.05, 4.69) is 29.6 Å². The summed E-state index contributed by atoms with van der Waals surface area (Å²) in [7, 11) is 3.61. The lowest BCUT2D eigenvalue weighted by molar-refractivity contribution is -0.132. The third-order valence-electron chi connectivity index (χ3n) is 6.32. The maximum atomic E-state index is 13.5. The van der Waals surface area contributed by atoms with Crippen molar-refractivity contribution in [3.63, 3.8) is 0 Å². The molecule has 2 aliphatic rings. The smallest absolute Gasteiger partial charge is 0.261 e. The van der Waals surface area contributed by atoms with Crippen molar-refractivity contribution in [1.29, 1.82) is 0 Å². The topological polar surface area (TPSA) is 80.0 Å². The summed E-state index contributed by atoms with van der Waals surface area (Å²) in [6, 6.07) is 24.3. The molecule has 0 fully saturated rings. The highest BCUT2D eigenvalue weighted by molar-refractivity contribution is 6.07. The Morgan fingerprint density at radius 1 is 1.09 bits per heavy atom. The number of hydrogen-bond donors (Lipinski definition) is 2. The molecule has 2 atom stereocenters. The molecule has 1 spiro atoms. The van der Waals surface area contributed by atoms with Crippen LogP contribution in [0.3, 0.4) is 0 Å². The number of fused-ring (bicyclic) bond motifs is 2. The summed E-state index contributed by atoms with van der Waals surface area (Å²) < 4.78 is 6.38. The average Bonchev–Trinajstić information content (AvgIpc) is 3.04. The summed E-state index contributed by atoms with van der Waals surface area (Å²) in [4.78, 5) is 19.6. The molecule has 6 nitrogen and oxygen atoms in total. The number of benzene rings is 3. The lowest BCUT2D eigenvalue weighted by Crippen LogP contribution is -2.43. The van der Waals surface area contributed by atoms with E-state index < -0.39 is 5.54 Å². The molecule has 0 bridgehead atoms. The molecule has 1 amide bonds. The second-order valence-corrected chi connectivity index (χ2v) is 8.35. The van der Waals surface area contributed by atoms with Crippen LogP contribution in [0.1, 0.15) is 29.2 Å². The zero-order chi connectivity index (χ0) is 22.3. The number of amides is 1. The lowest BCUT2D eigenvalue weighted by Gasteiger charge is -2.37. The molecule has 0 aliphatic carbocycles. The summed E-state index contributed by atoms with van der Waals surface area (Å²) in [5.74, 6) is 0.777. The van der Waals surface area contributed by atoms with Crippen LogP contribution >= 0.6 is 0 Å². The molecule has 0 saturated heterocycles. The van der Waals surface area contributed by atoms with Crippen molar-refractivity contribution < 1.29 is 9.53 Å². The SMILES string of the molecule is CNCc1ccc(-c2ccc3c(c2)C2(CC(c4ccccc4)O3)N=C(N)N(C)C2=O)cc1. The van der Waals surface area contributed by atoms with Gasteiger partial charge in [-0.1, -0.05) is 60.7 Å². The molecule has 0 aromatic heterocycles. The van der Waals surface area contributed by atoms with Crippen LogP contribution in [0.4, 0.5) is 0 Å². The van der Waals surface area contributed by atoms with Gasteiger partial charge in [0.15, 0.2) is 11.5 Å². The van der Waals surface area contributed by atoms with Crippen molar-refractivity contribution in [3.05, 3.63) is 89.5 Å². The van der Waals surface area contributed by atoms with E-state index in [1.54, 1.807) is 7.05 Å². The predicted octanol–water partition coefficient (Wildman–Crippen LogP) is 3.58. The molecule has 3 aromatic rings. The first-order valence-electron chi connectivity index (χ1n) is 10.8. The number of guanidine groups is 1. The highest BCUT2D eigenvalue weighted by Gasteiger charge is 2.53. The first-order valence-corrected chi connectivity index (χ1v) is 10.8. The number of aliphatic imine (C=N–C) groups is 1. The minimum atomic E-state index is -1.09. The Kier molecular flexibility index (Phi) is 4.94. The van der Waals surface area contributed by atoms with Crippen molar-refractivity contribution in [2.24, 2.45) is 10.7 Å². The highest BCUT2D eigenvalue weighted by Crippen LogP contribution is 2.50. The summed E-state index contributed by atoms with van der Waals surface area (Å²) in [5.41, 5.74) is 10.1. The highest BCUT2D eigenvalue weighted by atomic mass is 16.5. The Bertz CT molecular complexity index is 1190. The number of carbonyl (C=O) groups is 1. The third kappa shape index (κ3) is 3.24. The van der Waals surface area contributed by atoms with E-state index >= 15 is 0 Å². The van der Waals surface area contributed by atoms with Gasteiger partial charge in [-0.3, -0.25) is 9.69 Å². The van der Waals surface area contributed by atoms with E-state index in [1.165, 1.54) is 10.5 Å². The first-order chi connectivity index (χ1) is 15.5. The van der Waals surface area contributed by atoms with Crippen molar-refractivity contribution in [1.82, 2.24) is 10.2 Å². The third-order valence-corrected chi connectivity index (χ3v) is 6.32. The monoisotopic (exact) mass is 426 g/mol. The molecule has 162 valence electrons. The van der Waals surface area contributed by atoms with Gasteiger partial charge in [0.1, 0.15) is 11.9 Å². The van der Waals surface area contributed by atoms with Crippen LogP contribution < -0.4 is 15.8 Å². The first kappa shape index (κ1) is 20.3. The normalized spacial score (nSPS) is 21.9. The Balaban J connectivity index is 1.61. The number of nitrogens with zero attached hydrogens (tertiary/aromatic N) is 2. The standard InChI is InChI=1S/C26H26N4O2/c1-28-16-17-8-10-18(11-9-17)20-12-13-22-21(14-20)26(24(31)30(2)25(27)29-26)15-23(32-22)19-6-4-3-5-7-19/h3-14,23,28H,15-16H2,1-2H3,(H2,27,29). The van der Waals surface area contributed by atoms with Crippen LogP contribution in [-0.2, 0) is 16.9 Å². The molecule has 5 rings (SSSR count). The van der Waals surface area contributed by atoms with E-state index in [4.69, 9.17) is 15.5 Å². The van der Waals surface area contributed by atoms with Gasteiger partial charge in [0.25, 0.3) is 5.91 Å². The molecule has 0 radical (unpaired) electrons. The predicted molar refractivity (Wildman–Crippen MR) is 125 cm³/mol. The van der Waals surface area contributed by atoms with Crippen molar-refractivity contribution >= 4 is 11.9 Å². The molecule has 3 aromatic carbocycles. The Morgan fingerprint density at radius 3 is 2.47 bits per heavy atom. The number of carbonyl (C=O) groups excluding carboxylic acids is 1. The number of nitrogens with one attached hydrogen (secondary N) is 1. The zero-order valence-electron chi connectivity index (χ0n) is 18.2. The van der Waals surface area contributed by atoms with Crippen LogP contribution in [0, 0.1) is 0 Å². The van der Waals surface area contributed by atoms with Gasteiger partial charge in [-0.2, -0.15) is 0 Å². The maximum absolute atomic E-state index is 13.5. The van der Waals surface area contributed by atoms with E-state index in [0.717, 1.165) is 28.8 Å². The van der Waals surface area contributed by atoms with Crippen LogP contribution in [0.25, 0.3) is 11.1 Å². The molecular weight excluding hydrogens is 400 g/mol. The van der Waals surface area contributed by atoms with Crippen LogP contribution in [0.5, 0.6) is 5.75 Å². The average molecular weight is 427 g/mol. The number of nitrogens with two attached hydrogens (primary N) is 1. The van der Waals surface area contributed by atoms with Crippen LogP contribution in [-0.4, -0.2) is 30.9 Å². The maximum Gasteiger partial charge on any atom is 0.261 e. The zero-order valence-corrected chi connectivity index (χ0v) is 18.2. The van der Waals surface area contributed by atoms with E-state index in [-0.39, 0.29) is 18.0 Å². The molecule has 2 aliphatic heterocycles. The van der Waals surface area contributed by atoms with Gasteiger partial charge in [-0.25, -0.2) is 4.99 Å². The number of ether oxygens (including phenoxy) is 1. The van der Waals surface area contributed by atoms with Gasteiger partial charge in [0.05, 0.1) is 0 Å². The summed E-state index contributed by atoms with van der Waals surface area (Å²) in [6.07, 6.45) is 0.112. The number of rotatable bonds is 4. The minimum Gasteiger partial charge on any atom is -0.485 e. The Morgan fingerprint density at radius 2 is 1.81 bits per heavy atom. The number of hydrogen-bond acceptors (Lipinski definition) is 5. The molecule has 32 heavy (non-hydrogen) atoms. The summed E-state index contributed by atoms with van der Waals surface area (Å²) in [5, 5.41) is 3.16. The molecule has 3 N–H and O–H groups in total. The largest absolute Gasteiger partial charge is 0.485 e. The van der Waals surface area contributed by atoms with Gasteiger partial charge in [0.2, 0.25) is 0 Å². The van der Waals surface area contributed by atoms with Crippen LogP contribution in [0.2, 0.25) is 0 Å². The Hall–Kier alpha value is -3.64. The molecule has 2 heterocycles. The van der Waals surface area contributed by atoms with Gasteiger partial charge in [-0.05, 0) is 41.4 Å².